The first kappa shape index (κ1) is 19.1. The van der Waals surface area contributed by atoms with Crippen molar-refractivity contribution < 1.29 is 14.3 Å². The van der Waals surface area contributed by atoms with Gasteiger partial charge in [0.15, 0.2) is 0 Å². The molecule has 1 aromatic carbocycles. The first-order valence-electron chi connectivity index (χ1n) is 8.81. The Morgan fingerprint density at radius 1 is 1.08 bits per heavy atom. The summed E-state index contributed by atoms with van der Waals surface area (Å²) in [6.45, 7) is 10.3. The molecule has 1 aliphatic heterocycles. The van der Waals surface area contributed by atoms with Crippen LogP contribution in [-0.2, 0) is 11.2 Å². The molecule has 0 bridgehead atoms. The fraction of sp³-hybridized carbons (Fsp3) is 0.579. The van der Waals surface area contributed by atoms with E-state index in [2.05, 4.69) is 24.4 Å². The molecular weight excluding hydrogens is 318 g/mol. The summed E-state index contributed by atoms with van der Waals surface area (Å²) in [6, 6.07) is 8.12. The van der Waals surface area contributed by atoms with E-state index >= 15 is 0 Å². The number of carbonyl (C=O) groups excluding carboxylic acids is 2. The number of aryl methyl sites for hydroxylation is 1. The second kappa shape index (κ2) is 8.23. The third-order valence-corrected chi connectivity index (χ3v) is 4.15. The number of hydrogen-bond acceptors (Lipinski definition) is 3. The molecule has 3 amide bonds. The Bertz CT molecular complexity index is 602. The van der Waals surface area contributed by atoms with Crippen LogP contribution < -0.4 is 5.32 Å². The predicted octanol–water partition coefficient (Wildman–Crippen LogP) is 2.80. The van der Waals surface area contributed by atoms with Gasteiger partial charge in [0.05, 0.1) is 0 Å². The van der Waals surface area contributed by atoms with Gasteiger partial charge >= 0.3 is 12.1 Å². The van der Waals surface area contributed by atoms with Crippen molar-refractivity contribution in [3.05, 3.63) is 35.4 Å². The van der Waals surface area contributed by atoms with Crippen LogP contribution in [0.25, 0.3) is 0 Å². The maximum Gasteiger partial charge on any atom is 0.410 e. The van der Waals surface area contributed by atoms with Crippen LogP contribution in [0.2, 0.25) is 0 Å². The zero-order valence-corrected chi connectivity index (χ0v) is 15.7. The smallest absolute Gasteiger partial charge is 0.410 e. The minimum absolute atomic E-state index is 0.0718. The fourth-order valence-corrected chi connectivity index (χ4v) is 2.73. The highest BCUT2D eigenvalue weighted by atomic mass is 16.6. The number of carbonyl (C=O) groups is 2. The zero-order valence-electron chi connectivity index (χ0n) is 15.7. The van der Waals surface area contributed by atoms with Crippen molar-refractivity contribution in [2.75, 3.05) is 32.7 Å². The Labute approximate surface area is 150 Å². The van der Waals surface area contributed by atoms with Crippen molar-refractivity contribution >= 4 is 12.1 Å². The molecule has 1 fully saturated rings. The predicted molar refractivity (Wildman–Crippen MR) is 97.7 cm³/mol. The second-order valence-electron chi connectivity index (χ2n) is 7.36. The molecule has 1 N–H and O–H groups in total. The van der Waals surface area contributed by atoms with E-state index in [1.165, 1.54) is 11.1 Å². The van der Waals surface area contributed by atoms with Crippen molar-refractivity contribution in [3.63, 3.8) is 0 Å². The molecular formula is C19H29N3O3. The third kappa shape index (κ3) is 5.96. The Balaban J connectivity index is 1.72. The lowest BCUT2D eigenvalue weighted by Gasteiger charge is -2.35. The van der Waals surface area contributed by atoms with E-state index in [-0.39, 0.29) is 12.1 Å². The number of piperazine rings is 1. The highest BCUT2D eigenvalue weighted by molar-refractivity contribution is 5.75. The molecule has 138 valence electrons. The third-order valence-electron chi connectivity index (χ3n) is 4.15. The molecule has 0 saturated carbocycles. The van der Waals surface area contributed by atoms with E-state index in [0.29, 0.717) is 32.7 Å². The minimum Gasteiger partial charge on any atom is -0.444 e. The van der Waals surface area contributed by atoms with E-state index in [9.17, 15) is 9.59 Å². The van der Waals surface area contributed by atoms with E-state index in [1.54, 1.807) is 9.80 Å². The second-order valence-corrected chi connectivity index (χ2v) is 7.36. The average Bonchev–Trinajstić information content (AvgIpc) is 2.55. The number of ether oxygens (including phenoxy) is 1. The number of nitrogens with one attached hydrogen (secondary N) is 1. The van der Waals surface area contributed by atoms with E-state index < -0.39 is 5.60 Å². The van der Waals surface area contributed by atoms with Crippen molar-refractivity contribution in [1.82, 2.24) is 15.1 Å². The van der Waals surface area contributed by atoms with Gasteiger partial charge in [-0.15, -0.1) is 0 Å². The van der Waals surface area contributed by atoms with Gasteiger partial charge in [-0.3, -0.25) is 0 Å². The Kier molecular flexibility index (Phi) is 6.28. The summed E-state index contributed by atoms with van der Waals surface area (Å²) >= 11 is 0. The number of hydrogen-bond donors (Lipinski definition) is 1. The molecule has 0 unspecified atom stereocenters. The van der Waals surface area contributed by atoms with Gasteiger partial charge in [-0.1, -0.05) is 24.3 Å². The highest BCUT2D eigenvalue weighted by Crippen LogP contribution is 2.12. The lowest BCUT2D eigenvalue weighted by Crippen LogP contribution is -2.54. The maximum atomic E-state index is 12.3. The Morgan fingerprint density at radius 2 is 1.68 bits per heavy atom. The number of benzene rings is 1. The van der Waals surface area contributed by atoms with Gasteiger partial charge in [-0.25, -0.2) is 9.59 Å². The van der Waals surface area contributed by atoms with Crippen LogP contribution in [-0.4, -0.2) is 60.2 Å². The molecule has 1 heterocycles. The van der Waals surface area contributed by atoms with Gasteiger partial charge in [0.25, 0.3) is 0 Å². The van der Waals surface area contributed by atoms with Crippen LogP contribution in [0.15, 0.2) is 24.3 Å². The molecule has 6 nitrogen and oxygen atoms in total. The zero-order chi connectivity index (χ0) is 18.4. The molecule has 1 aromatic rings. The highest BCUT2D eigenvalue weighted by Gasteiger charge is 2.27. The number of urea groups is 1. The summed E-state index contributed by atoms with van der Waals surface area (Å²) in [6.07, 6.45) is 0.503. The topological polar surface area (TPSA) is 61.9 Å². The average molecular weight is 347 g/mol. The van der Waals surface area contributed by atoms with Crippen molar-refractivity contribution in [2.24, 2.45) is 0 Å². The molecule has 1 aliphatic rings. The summed E-state index contributed by atoms with van der Waals surface area (Å²) in [4.78, 5) is 27.7. The summed E-state index contributed by atoms with van der Waals surface area (Å²) in [5.74, 6) is 0. The molecule has 0 aromatic heterocycles. The molecule has 0 spiro atoms. The van der Waals surface area contributed by atoms with Crippen molar-refractivity contribution in [3.8, 4) is 0 Å². The molecule has 25 heavy (non-hydrogen) atoms. The Hall–Kier alpha value is -2.24. The molecule has 2 rings (SSSR count). The standard InChI is InChI=1S/C19H29N3O3/c1-15-7-5-6-8-16(15)9-10-20-17(23)21-11-13-22(14-12-21)18(24)25-19(2,3)4/h5-8H,9-14H2,1-4H3,(H,20,23). The molecule has 0 radical (unpaired) electrons. The SMILES string of the molecule is Cc1ccccc1CCNC(=O)N1CCN(C(=O)OC(C)(C)C)CC1. The summed E-state index contributed by atoms with van der Waals surface area (Å²) in [5.41, 5.74) is 1.99. The van der Waals surface area contributed by atoms with Gasteiger partial charge < -0.3 is 19.9 Å². The van der Waals surface area contributed by atoms with Crippen LogP contribution in [0.3, 0.4) is 0 Å². The van der Waals surface area contributed by atoms with Crippen LogP contribution >= 0.6 is 0 Å². The van der Waals surface area contributed by atoms with Crippen LogP contribution in [0, 0.1) is 6.92 Å². The van der Waals surface area contributed by atoms with Gasteiger partial charge in [0.1, 0.15) is 5.60 Å². The van der Waals surface area contributed by atoms with Crippen molar-refractivity contribution in [2.45, 2.75) is 39.7 Å². The minimum atomic E-state index is -0.499. The lowest BCUT2D eigenvalue weighted by atomic mass is 10.1. The maximum absolute atomic E-state index is 12.3. The van der Waals surface area contributed by atoms with Crippen LogP contribution in [0.1, 0.15) is 31.9 Å². The summed E-state index contributed by atoms with van der Waals surface area (Å²) < 4.78 is 5.37. The molecule has 0 aliphatic carbocycles. The number of amides is 3. The van der Waals surface area contributed by atoms with Gasteiger partial charge in [0.2, 0.25) is 0 Å². The van der Waals surface area contributed by atoms with E-state index in [4.69, 9.17) is 4.74 Å². The number of nitrogens with zero attached hydrogens (tertiary/aromatic N) is 2. The summed E-state index contributed by atoms with van der Waals surface area (Å²) in [5, 5.41) is 2.96. The number of rotatable bonds is 3. The quantitative estimate of drug-likeness (QED) is 0.914. The molecule has 0 atom stereocenters. The lowest BCUT2D eigenvalue weighted by molar-refractivity contribution is 0.0170. The van der Waals surface area contributed by atoms with Crippen LogP contribution in [0.5, 0.6) is 0 Å². The van der Waals surface area contributed by atoms with Gasteiger partial charge in [0, 0.05) is 32.7 Å². The van der Waals surface area contributed by atoms with E-state index in [1.807, 2.05) is 32.9 Å². The van der Waals surface area contributed by atoms with E-state index in [0.717, 1.165) is 6.42 Å². The fourth-order valence-electron chi connectivity index (χ4n) is 2.73. The Morgan fingerprint density at radius 3 is 2.28 bits per heavy atom. The largest absolute Gasteiger partial charge is 0.444 e. The monoisotopic (exact) mass is 347 g/mol. The van der Waals surface area contributed by atoms with Gasteiger partial charge in [-0.2, -0.15) is 0 Å². The molecule has 6 heteroatoms. The van der Waals surface area contributed by atoms with Crippen molar-refractivity contribution in [1.29, 1.82) is 0 Å². The first-order chi connectivity index (χ1) is 11.8. The van der Waals surface area contributed by atoms with Crippen LogP contribution in [0.4, 0.5) is 9.59 Å². The summed E-state index contributed by atoms with van der Waals surface area (Å²) in [7, 11) is 0. The normalized spacial score (nSPS) is 15.0. The van der Waals surface area contributed by atoms with Gasteiger partial charge in [-0.05, 0) is 45.2 Å². The first-order valence-corrected chi connectivity index (χ1v) is 8.81. The molecule has 1 saturated heterocycles.